The lowest BCUT2D eigenvalue weighted by Gasteiger charge is -2.17. The molecule has 0 bridgehead atoms. The molecule has 3 rings (SSSR count). The highest BCUT2D eigenvalue weighted by Crippen LogP contribution is 2.38. The molecule has 104 valence electrons. The summed E-state index contributed by atoms with van der Waals surface area (Å²) in [5.74, 6) is 0.884. The van der Waals surface area contributed by atoms with E-state index in [1.807, 2.05) is 18.2 Å². The molecule has 2 aromatic rings. The van der Waals surface area contributed by atoms with Crippen molar-refractivity contribution in [3.63, 3.8) is 0 Å². The minimum absolute atomic E-state index is 0.246. The Bertz CT molecular complexity index is 642. The van der Waals surface area contributed by atoms with Crippen LogP contribution >= 0.6 is 23.2 Å². The molecule has 0 saturated carbocycles. The number of nitrogens with one attached hydrogen (secondary N) is 1. The van der Waals surface area contributed by atoms with Crippen molar-refractivity contribution in [1.82, 2.24) is 0 Å². The third kappa shape index (κ3) is 2.46. The number of fused-ring (bicyclic) bond motifs is 1. The number of hydrogen-bond donors (Lipinski definition) is 1. The number of methoxy groups -OCH3 is 1. The SMILES string of the molecule is COc1ccc2c(c1)C(Nc1cccc(Cl)c1Cl)CC2. The first-order valence-corrected chi connectivity index (χ1v) is 7.32. The molecule has 2 aromatic carbocycles. The Labute approximate surface area is 128 Å². The number of halogens is 2. The van der Waals surface area contributed by atoms with Gasteiger partial charge in [0.1, 0.15) is 5.75 Å². The largest absolute Gasteiger partial charge is 0.497 e. The fraction of sp³-hybridized carbons (Fsp3) is 0.250. The summed E-state index contributed by atoms with van der Waals surface area (Å²) in [6, 6.07) is 12.1. The van der Waals surface area contributed by atoms with E-state index < -0.39 is 0 Å². The van der Waals surface area contributed by atoms with Gasteiger partial charge in [-0.15, -0.1) is 0 Å². The molecule has 2 nitrogen and oxygen atoms in total. The van der Waals surface area contributed by atoms with Gasteiger partial charge in [0.25, 0.3) is 0 Å². The lowest BCUT2D eigenvalue weighted by Crippen LogP contribution is -2.07. The molecule has 0 heterocycles. The molecular formula is C16H15Cl2NO. The number of ether oxygens (including phenoxy) is 1. The molecule has 1 aliphatic carbocycles. The van der Waals surface area contributed by atoms with Gasteiger partial charge in [0.15, 0.2) is 0 Å². The third-order valence-electron chi connectivity index (χ3n) is 3.71. The Morgan fingerprint density at radius 3 is 2.85 bits per heavy atom. The summed E-state index contributed by atoms with van der Waals surface area (Å²) in [5.41, 5.74) is 3.52. The molecule has 0 amide bonds. The molecule has 0 radical (unpaired) electrons. The predicted octanol–water partition coefficient (Wildman–Crippen LogP) is 5.10. The molecular weight excluding hydrogens is 293 g/mol. The highest BCUT2D eigenvalue weighted by molar-refractivity contribution is 6.43. The van der Waals surface area contributed by atoms with Crippen LogP contribution in [-0.4, -0.2) is 7.11 Å². The second-order valence-corrected chi connectivity index (χ2v) is 5.69. The standard InChI is InChI=1S/C16H15Cl2NO/c1-20-11-7-5-10-6-8-14(12(10)9-11)19-15-4-2-3-13(17)16(15)18/h2-5,7,9,14,19H,6,8H2,1H3. The quantitative estimate of drug-likeness (QED) is 0.851. The number of anilines is 1. The van der Waals surface area contributed by atoms with Crippen molar-refractivity contribution in [2.45, 2.75) is 18.9 Å². The average Bonchev–Trinajstić information content (AvgIpc) is 2.86. The zero-order chi connectivity index (χ0) is 14.1. The Morgan fingerprint density at radius 1 is 1.20 bits per heavy atom. The Kier molecular flexibility index (Phi) is 3.77. The normalized spacial score (nSPS) is 16.9. The van der Waals surface area contributed by atoms with E-state index in [0.29, 0.717) is 10.0 Å². The van der Waals surface area contributed by atoms with Crippen LogP contribution < -0.4 is 10.1 Å². The van der Waals surface area contributed by atoms with E-state index in [1.54, 1.807) is 13.2 Å². The lowest BCUT2D eigenvalue weighted by atomic mass is 10.1. The highest BCUT2D eigenvalue weighted by Gasteiger charge is 2.23. The van der Waals surface area contributed by atoms with Gasteiger partial charge in [-0.05, 0) is 48.2 Å². The summed E-state index contributed by atoms with van der Waals surface area (Å²) in [5, 5.41) is 4.63. The van der Waals surface area contributed by atoms with Crippen molar-refractivity contribution in [3.8, 4) is 5.75 Å². The van der Waals surface area contributed by atoms with E-state index in [2.05, 4.69) is 17.4 Å². The summed E-state index contributed by atoms with van der Waals surface area (Å²) >= 11 is 12.3. The summed E-state index contributed by atoms with van der Waals surface area (Å²) in [4.78, 5) is 0. The van der Waals surface area contributed by atoms with Crippen molar-refractivity contribution in [2.24, 2.45) is 0 Å². The van der Waals surface area contributed by atoms with Crippen molar-refractivity contribution >= 4 is 28.9 Å². The molecule has 0 spiro atoms. The molecule has 1 unspecified atom stereocenters. The molecule has 0 aliphatic heterocycles. The molecule has 1 atom stereocenters. The second kappa shape index (κ2) is 5.55. The van der Waals surface area contributed by atoms with Crippen molar-refractivity contribution in [2.75, 3.05) is 12.4 Å². The van der Waals surface area contributed by atoms with E-state index in [-0.39, 0.29) is 6.04 Å². The Morgan fingerprint density at radius 2 is 2.05 bits per heavy atom. The van der Waals surface area contributed by atoms with Gasteiger partial charge in [0.05, 0.1) is 28.9 Å². The molecule has 1 aliphatic rings. The average molecular weight is 308 g/mol. The molecule has 4 heteroatoms. The first kappa shape index (κ1) is 13.6. The van der Waals surface area contributed by atoms with Gasteiger partial charge in [-0.3, -0.25) is 0 Å². The van der Waals surface area contributed by atoms with Crippen LogP contribution in [0.25, 0.3) is 0 Å². The van der Waals surface area contributed by atoms with E-state index in [1.165, 1.54) is 11.1 Å². The lowest BCUT2D eigenvalue weighted by molar-refractivity contribution is 0.414. The summed E-state index contributed by atoms with van der Waals surface area (Å²) < 4.78 is 5.31. The van der Waals surface area contributed by atoms with Crippen LogP contribution in [0.4, 0.5) is 5.69 Å². The van der Waals surface area contributed by atoms with Crippen LogP contribution in [0.2, 0.25) is 10.0 Å². The van der Waals surface area contributed by atoms with Gasteiger partial charge < -0.3 is 10.1 Å². The predicted molar refractivity (Wildman–Crippen MR) is 84.1 cm³/mol. The van der Waals surface area contributed by atoms with Gasteiger partial charge in [-0.2, -0.15) is 0 Å². The van der Waals surface area contributed by atoms with Gasteiger partial charge in [-0.25, -0.2) is 0 Å². The van der Waals surface area contributed by atoms with E-state index in [0.717, 1.165) is 24.3 Å². The Balaban J connectivity index is 1.89. The number of benzene rings is 2. The van der Waals surface area contributed by atoms with Gasteiger partial charge in [0.2, 0.25) is 0 Å². The zero-order valence-electron chi connectivity index (χ0n) is 11.1. The minimum Gasteiger partial charge on any atom is -0.497 e. The minimum atomic E-state index is 0.246. The van der Waals surface area contributed by atoms with Crippen LogP contribution in [0.3, 0.4) is 0 Å². The van der Waals surface area contributed by atoms with Gasteiger partial charge in [-0.1, -0.05) is 35.3 Å². The second-order valence-electron chi connectivity index (χ2n) is 4.90. The van der Waals surface area contributed by atoms with Gasteiger partial charge in [0, 0.05) is 0 Å². The number of rotatable bonds is 3. The summed E-state index contributed by atoms with van der Waals surface area (Å²) in [6.07, 6.45) is 2.11. The van der Waals surface area contributed by atoms with E-state index >= 15 is 0 Å². The Hall–Kier alpha value is -1.38. The third-order valence-corrected chi connectivity index (χ3v) is 4.53. The summed E-state index contributed by atoms with van der Waals surface area (Å²) in [7, 11) is 1.69. The topological polar surface area (TPSA) is 21.3 Å². The van der Waals surface area contributed by atoms with Crippen molar-refractivity contribution in [1.29, 1.82) is 0 Å². The maximum Gasteiger partial charge on any atom is 0.119 e. The van der Waals surface area contributed by atoms with Crippen LogP contribution in [0.1, 0.15) is 23.6 Å². The fourth-order valence-corrected chi connectivity index (χ4v) is 3.02. The zero-order valence-corrected chi connectivity index (χ0v) is 12.6. The number of hydrogen-bond acceptors (Lipinski definition) is 2. The van der Waals surface area contributed by atoms with E-state index in [4.69, 9.17) is 27.9 Å². The maximum absolute atomic E-state index is 6.24. The van der Waals surface area contributed by atoms with Crippen LogP contribution in [-0.2, 0) is 6.42 Å². The maximum atomic E-state index is 6.24. The van der Waals surface area contributed by atoms with Crippen LogP contribution in [0.5, 0.6) is 5.75 Å². The van der Waals surface area contributed by atoms with Gasteiger partial charge >= 0.3 is 0 Å². The van der Waals surface area contributed by atoms with Crippen LogP contribution in [0, 0.1) is 0 Å². The first-order chi connectivity index (χ1) is 9.69. The molecule has 0 saturated heterocycles. The number of aryl methyl sites for hydroxylation is 1. The fourth-order valence-electron chi connectivity index (χ4n) is 2.66. The molecule has 0 aromatic heterocycles. The van der Waals surface area contributed by atoms with Crippen LogP contribution in [0.15, 0.2) is 36.4 Å². The molecule has 0 fully saturated rings. The summed E-state index contributed by atoms with van der Waals surface area (Å²) in [6.45, 7) is 0. The van der Waals surface area contributed by atoms with Crippen molar-refractivity contribution < 1.29 is 4.74 Å². The smallest absolute Gasteiger partial charge is 0.119 e. The first-order valence-electron chi connectivity index (χ1n) is 6.56. The highest BCUT2D eigenvalue weighted by atomic mass is 35.5. The monoisotopic (exact) mass is 307 g/mol. The molecule has 20 heavy (non-hydrogen) atoms. The van der Waals surface area contributed by atoms with Crippen molar-refractivity contribution in [3.05, 3.63) is 57.6 Å². The molecule has 1 N–H and O–H groups in total. The van der Waals surface area contributed by atoms with E-state index in [9.17, 15) is 0 Å².